The predicted octanol–water partition coefficient (Wildman–Crippen LogP) is 3.52. The Bertz CT molecular complexity index is 1100. The molecule has 1 aliphatic heterocycles. The van der Waals surface area contributed by atoms with E-state index in [-0.39, 0.29) is 23.2 Å². The molecule has 1 unspecified atom stereocenters. The number of nitrogens with zero attached hydrogens (tertiary/aromatic N) is 5. The van der Waals surface area contributed by atoms with Crippen LogP contribution in [0.3, 0.4) is 0 Å². The summed E-state index contributed by atoms with van der Waals surface area (Å²) in [5.74, 6) is 0.219. The number of anilines is 3. The minimum Gasteiger partial charge on any atom is -0.371 e. The Balaban J connectivity index is 1.47. The summed E-state index contributed by atoms with van der Waals surface area (Å²) < 4.78 is 0. The molecule has 1 saturated heterocycles. The molecule has 32 heavy (non-hydrogen) atoms. The van der Waals surface area contributed by atoms with Crippen LogP contribution in [0.2, 0.25) is 0 Å². The Labute approximate surface area is 184 Å². The summed E-state index contributed by atoms with van der Waals surface area (Å²) in [6.07, 6.45) is 5.02. The number of amides is 1. The van der Waals surface area contributed by atoms with Crippen molar-refractivity contribution >= 4 is 29.2 Å². The highest BCUT2D eigenvalue weighted by Gasteiger charge is 2.21. The molecule has 0 radical (unpaired) electrons. The quantitative estimate of drug-likeness (QED) is 0.377. The molecular formula is C21H24N8O3. The Morgan fingerprint density at radius 1 is 1.22 bits per heavy atom. The van der Waals surface area contributed by atoms with Crippen LogP contribution in [0.4, 0.5) is 23.3 Å². The molecule has 3 aromatic rings. The second kappa shape index (κ2) is 9.41. The highest BCUT2D eigenvalue weighted by molar-refractivity contribution is 6.04. The molecule has 11 nitrogen and oxygen atoms in total. The van der Waals surface area contributed by atoms with E-state index < -0.39 is 10.8 Å². The van der Waals surface area contributed by atoms with Crippen molar-refractivity contribution in [1.29, 1.82) is 0 Å². The van der Waals surface area contributed by atoms with E-state index in [9.17, 15) is 14.9 Å². The van der Waals surface area contributed by atoms with Crippen LogP contribution >= 0.6 is 0 Å². The van der Waals surface area contributed by atoms with E-state index in [0.29, 0.717) is 11.6 Å². The van der Waals surface area contributed by atoms with Gasteiger partial charge in [0.25, 0.3) is 11.6 Å². The number of piperidine rings is 1. The van der Waals surface area contributed by atoms with Crippen molar-refractivity contribution in [1.82, 2.24) is 20.2 Å². The van der Waals surface area contributed by atoms with E-state index in [1.165, 1.54) is 24.6 Å². The molecule has 1 amide bonds. The number of nitrogens with one attached hydrogen (secondary N) is 3. The van der Waals surface area contributed by atoms with Crippen molar-refractivity contribution in [3.63, 3.8) is 0 Å². The zero-order chi connectivity index (χ0) is 22.5. The van der Waals surface area contributed by atoms with E-state index >= 15 is 0 Å². The summed E-state index contributed by atoms with van der Waals surface area (Å²) in [6.45, 7) is 3.61. The number of benzene rings is 1. The topological polar surface area (TPSA) is 142 Å². The first-order valence-corrected chi connectivity index (χ1v) is 10.5. The highest BCUT2D eigenvalue weighted by Crippen LogP contribution is 2.29. The summed E-state index contributed by atoms with van der Waals surface area (Å²) in [5, 5.41) is 24.2. The van der Waals surface area contributed by atoms with Gasteiger partial charge in [0.15, 0.2) is 0 Å². The van der Waals surface area contributed by atoms with Crippen LogP contribution in [0, 0.1) is 10.1 Å². The van der Waals surface area contributed by atoms with Crippen molar-refractivity contribution in [2.45, 2.75) is 32.2 Å². The van der Waals surface area contributed by atoms with Crippen molar-refractivity contribution in [2.75, 3.05) is 28.6 Å². The zero-order valence-electron chi connectivity index (χ0n) is 17.6. The molecule has 1 aliphatic rings. The minimum absolute atomic E-state index is 0.142. The van der Waals surface area contributed by atoms with Gasteiger partial charge >= 0.3 is 0 Å². The van der Waals surface area contributed by atoms with Crippen LogP contribution in [-0.4, -0.2) is 44.1 Å². The van der Waals surface area contributed by atoms with Gasteiger partial charge in [-0.05, 0) is 50.5 Å². The number of pyridine rings is 1. The Hall–Kier alpha value is -4.02. The van der Waals surface area contributed by atoms with Gasteiger partial charge in [-0.25, -0.2) is 5.10 Å². The van der Waals surface area contributed by atoms with Gasteiger partial charge in [0.05, 0.1) is 16.7 Å². The molecule has 4 rings (SSSR count). The van der Waals surface area contributed by atoms with Crippen molar-refractivity contribution in [2.24, 2.45) is 0 Å². The average molecular weight is 436 g/mol. The standard InChI is InChI=1S/C21H24N8O3/c1-14(16-7-3-4-10-22-16)23-17-9-8-15(13-18(17)29(31)32)19(30)24-20-25-21(27-26-20)28-11-5-2-6-12-28/h3-4,7-10,13-14,23H,2,5-6,11-12H2,1H3,(H2,24,25,26,27,30). The number of H-pyrrole nitrogens is 1. The molecule has 11 heteroatoms. The summed E-state index contributed by atoms with van der Waals surface area (Å²) in [4.78, 5) is 34.4. The Morgan fingerprint density at radius 2 is 2.03 bits per heavy atom. The Morgan fingerprint density at radius 3 is 2.75 bits per heavy atom. The lowest BCUT2D eigenvalue weighted by molar-refractivity contribution is -0.384. The summed E-state index contributed by atoms with van der Waals surface area (Å²) in [7, 11) is 0. The van der Waals surface area contributed by atoms with Crippen LogP contribution in [0.5, 0.6) is 0 Å². The molecule has 3 heterocycles. The SMILES string of the molecule is CC(Nc1ccc(C(=O)Nc2nc(N3CCCCC3)n[nH]2)cc1[N+](=O)[O-])c1ccccn1. The average Bonchev–Trinajstić information content (AvgIpc) is 3.28. The number of carbonyl (C=O) groups excluding carboxylic acids is 1. The van der Waals surface area contributed by atoms with Crippen molar-refractivity contribution in [3.8, 4) is 0 Å². The molecule has 1 atom stereocenters. The number of aromatic amines is 1. The normalized spacial score (nSPS) is 14.6. The molecule has 0 aliphatic carbocycles. The molecule has 1 aromatic carbocycles. The van der Waals surface area contributed by atoms with E-state index in [0.717, 1.165) is 31.6 Å². The van der Waals surface area contributed by atoms with E-state index in [1.807, 2.05) is 19.1 Å². The fourth-order valence-corrected chi connectivity index (χ4v) is 3.61. The van der Waals surface area contributed by atoms with Crippen LogP contribution in [0.15, 0.2) is 42.6 Å². The molecular weight excluding hydrogens is 412 g/mol. The van der Waals surface area contributed by atoms with E-state index in [1.54, 1.807) is 12.3 Å². The van der Waals surface area contributed by atoms with Gasteiger partial charge in [0, 0.05) is 30.9 Å². The predicted molar refractivity (Wildman–Crippen MR) is 120 cm³/mol. The maximum Gasteiger partial charge on any atom is 0.293 e. The van der Waals surface area contributed by atoms with Gasteiger partial charge in [0.2, 0.25) is 11.9 Å². The summed E-state index contributed by atoms with van der Waals surface area (Å²) >= 11 is 0. The third kappa shape index (κ3) is 4.82. The Kier molecular flexibility index (Phi) is 6.24. The van der Waals surface area contributed by atoms with Crippen LogP contribution in [0.25, 0.3) is 0 Å². The fourth-order valence-electron chi connectivity index (χ4n) is 3.61. The molecule has 0 saturated carbocycles. The lowest BCUT2D eigenvalue weighted by atomic mass is 10.1. The van der Waals surface area contributed by atoms with Gasteiger partial charge in [-0.2, -0.15) is 4.98 Å². The third-order valence-corrected chi connectivity index (χ3v) is 5.30. The molecule has 0 spiro atoms. The third-order valence-electron chi connectivity index (χ3n) is 5.30. The van der Waals surface area contributed by atoms with E-state index in [2.05, 4.69) is 35.7 Å². The number of rotatable bonds is 7. The number of aromatic nitrogens is 4. The van der Waals surface area contributed by atoms with Crippen molar-refractivity contribution < 1.29 is 9.72 Å². The van der Waals surface area contributed by atoms with Gasteiger partial charge in [-0.1, -0.05) is 6.07 Å². The van der Waals surface area contributed by atoms with Gasteiger partial charge in [-0.15, -0.1) is 5.10 Å². The number of hydrogen-bond donors (Lipinski definition) is 3. The molecule has 1 fully saturated rings. The second-order valence-electron chi connectivity index (χ2n) is 7.60. The molecule has 2 aromatic heterocycles. The first kappa shape index (κ1) is 21.2. The number of carbonyl (C=O) groups is 1. The minimum atomic E-state index is -0.521. The van der Waals surface area contributed by atoms with Gasteiger partial charge in [-0.3, -0.25) is 25.2 Å². The molecule has 0 bridgehead atoms. The summed E-state index contributed by atoms with van der Waals surface area (Å²) in [5.41, 5.74) is 0.992. The highest BCUT2D eigenvalue weighted by atomic mass is 16.6. The number of nitro groups is 1. The fraction of sp³-hybridized carbons (Fsp3) is 0.333. The maximum absolute atomic E-state index is 12.7. The largest absolute Gasteiger partial charge is 0.371 e. The second-order valence-corrected chi connectivity index (χ2v) is 7.60. The van der Waals surface area contributed by atoms with Crippen LogP contribution in [0.1, 0.15) is 48.3 Å². The lowest BCUT2D eigenvalue weighted by Crippen LogP contribution is -2.30. The smallest absolute Gasteiger partial charge is 0.293 e. The van der Waals surface area contributed by atoms with Crippen LogP contribution in [-0.2, 0) is 0 Å². The van der Waals surface area contributed by atoms with E-state index in [4.69, 9.17) is 0 Å². The molecule has 166 valence electrons. The molecule has 3 N–H and O–H groups in total. The number of hydrogen-bond acceptors (Lipinski definition) is 8. The lowest BCUT2D eigenvalue weighted by Gasteiger charge is -2.24. The summed E-state index contributed by atoms with van der Waals surface area (Å²) in [6, 6.07) is 9.52. The monoisotopic (exact) mass is 436 g/mol. The van der Waals surface area contributed by atoms with Crippen LogP contribution < -0.4 is 15.5 Å². The first-order chi connectivity index (χ1) is 15.5. The first-order valence-electron chi connectivity index (χ1n) is 10.5. The van der Waals surface area contributed by atoms with Gasteiger partial charge in [0.1, 0.15) is 5.69 Å². The van der Waals surface area contributed by atoms with Crippen molar-refractivity contribution in [3.05, 3.63) is 64.0 Å². The maximum atomic E-state index is 12.7. The zero-order valence-corrected chi connectivity index (χ0v) is 17.6. The van der Waals surface area contributed by atoms with Gasteiger partial charge < -0.3 is 10.2 Å². The number of nitro benzene ring substituents is 1.